The van der Waals surface area contributed by atoms with Crippen LogP contribution in [-0.4, -0.2) is 26.2 Å². The summed E-state index contributed by atoms with van der Waals surface area (Å²) in [7, 11) is 4.01. The Morgan fingerprint density at radius 2 is 1.73 bits per heavy atom. The van der Waals surface area contributed by atoms with E-state index >= 15 is 0 Å². The number of anilines is 1. The molecule has 0 atom stereocenters. The van der Waals surface area contributed by atoms with Gasteiger partial charge >= 0.3 is 0 Å². The summed E-state index contributed by atoms with van der Waals surface area (Å²) in [5.41, 5.74) is 4.71. The molecule has 0 aliphatic rings. The van der Waals surface area contributed by atoms with Gasteiger partial charge in [0.05, 0.1) is 6.21 Å². The first-order chi connectivity index (χ1) is 10.6. The predicted octanol–water partition coefficient (Wildman–Crippen LogP) is 3.95. The normalized spacial score (nSPS) is 10.9. The number of carbonyl (C=O) groups excluding carboxylic acids is 1. The maximum absolute atomic E-state index is 11.6. The largest absolute Gasteiger partial charge is 0.378 e. The van der Waals surface area contributed by atoms with Gasteiger partial charge in [-0.05, 0) is 24.1 Å². The molecule has 1 amide bonds. The van der Waals surface area contributed by atoms with E-state index in [1.54, 1.807) is 6.21 Å². The van der Waals surface area contributed by atoms with Gasteiger partial charge in [-0.1, -0.05) is 51.2 Å². The summed E-state index contributed by atoms with van der Waals surface area (Å²) in [6.45, 7) is 2.21. The molecule has 0 radical (unpaired) electrons. The number of rotatable bonds is 10. The van der Waals surface area contributed by atoms with Crippen molar-refractivity contribution in [3.05, 3.63) is 29.8 Å². The van der Waals surface area contributed by atoms with E-state index in [4.69, 9.17) is 0 Å². The fourth-order valence-electron chi connectivity index (χ4n) is 2.16. The summed E-state index contributed by atoms with van der Waals surface area (Å²) in [4.78, 5) is 13.7. The molecule has 1 aromatic rings. The van der Waals surface area contributed by atoms with E-state index in [1.807, 2.05) is 43.3 Å². The first-order valence-electron chi connectivity index (χ1n) is 8.22. The van der Waals surface area contributed by atoms with Crippen molar-refractivity contribution in [1.82, 2.24) is 5.43 Å². The summed E-state index contributed by atoms with van der Waals surface area (Å²) in [6.07, 6.45) is 9.36. The fourth-order valence-corrected chi connectivity index (χ4v) is 2.16. The maximum Gasteiger partial charge on any atom is 0.240 e. The van der Waals surface area contributed by atoms with Crippen molar-refractivity contribution in [3.63, 3.8) is 0 Å². The van der Waals surface area contributed by atoms with Crippen LogP contribution in [0.15, 0.2) is 29.4 Å². The predicted molar refractivity (Wildman–Crippen MR) is 94.5 cm³/mol. The van der Waals surface area contributed by atoms with E-state index in [1.165, 1.54) is 25.7 Å². The number of amides is 1. The van der Waals surface area contributed by atoms with Crippen LogP contribution in [0, 0.1) is 0 Å². The van der Waals surface area contributed by atoms with E-state index in [0.29, 0.717) is 6.42 Å². The van der Waals surface area contributed by atoms with Gasteiger partial charge in [0.1, 0.15) is 0 Å². The first kappa shape index (κ1) is 18.2. The van der Waals surface area contributed by atoms with Crippen LogP contribution in [0.25, 0.3) is 0 Å². The summed E-state index contributed by atoms with van der Waals surface area (Å²) in [5.74, 6) is -0.00310. The molecule has 4 heteroatoms. The molecule has 0 spiro atoms. The van der Waals surface area contributed by atoms with Crippen LogP contribution < -0.4 is 10.3 Å². The molecular formula is C18H29N3O. The third kappa shape index (κ3) is 7.81. The van der Waals surface area contributed by atoms with Gasteiger partial charge in [-0.3, -0.25) is 4.79 Å². The Labute approximate surface area is 134 Å². The number of hydrazone groups is 1. The summed E-state index contributed by atoms with van der Waals surface area (Å²) < 4.78 is 0. The second kappa shape index (κ2) is 10.8. The van der Waals surface area contributed by atoms with Crippen molar-refractivity contribution < 1.29 is 4.79 Å². The van der Waals surface area contributed by atoms with Crippen molar-refractivity contribution in [1.29, 1.82) is 0 Å². The van der Waals surface area contributed by atoms with Crippen LogP contribution in [0.5, 0.6) is 0 Å². The lowest BCUT2D eigenvalue weighted by Crippen LogP contribution is -2.16. The third-order valence-corrected chi connectivity index (χ3v) is 3.57. The van der Waals surface area contributed by atoms with Gasteiger partial charge in [0.2, 0.25) is 5.91 Å². The summed E-state index contributed by atoms with van der Waals surface area (Å²) >= 11 is 0. The van der Waals surface area contributed by atoms with Gasteiger partial charge in [0.15, 0.2) is 0 Å². The van der Waals surface area contributed by atoms with Gasteiger partial charge in [0, 0.05) is 26.2 Å². The number of benzene rings is 1. The number of nitrogens with zero attached hydrogens (tertiary/aromatic N) is 2. The standard InChI is InChI=1S/C18H29N3O/c1-4-5-6-7-8-9-10-18(22)20-19-15-16-11-13-17(14-12-16)21(2)3/h11-15H,4-10H2,1-3H3,(H,20,22)/b19-15+. The minimum atomic E-state index is -0.00310. The lowest BCUT2D eigenvalue weighted by atomic mass is 10.1. The Balaban J connectivity index is 2.20. The van der Waals surface area contributed by atoms with Crippen LogP contribution in [0.1, 0.15) is 57.4 Å². The second-order valence-corrected chi connectivity index (χ2v) is 5.80. The molecule has 0 saturated heterocycles. The average Bonchev–Trinajstić information content (AvgIpc) is 2.51. The van der Waals surface area contributed by atoms with Crippen molar-refractivity contribution >= 4 is 17.8 Å². The lowest BCUT2D eigenvalue weighted by molar-refractivity contribution is -0.121. The fraction of sp³-hybridized carbons (Fsp3) is 0.556. The Kier molecular flexibility index (Phi) is 8.96. The van der Waals surface area contributed by atoms with Gasteiger partial charge in [0.25, 0.3) is 0 Å². The van der Waals surface area contributed by atoms with Crippen LogP contribution in [0.2, 0.25) is 0 Å². The van der Waals surface area contributed by atoms with Gasteiger partial charge in [-0.15, -0.1) is 0 Å². The summed E-state index contributed by atoms with van der Waals surface area (Å²) in [5, 5.41) is 4.01. The molecule has 0 bridgehead atoms. The zero-order chi connectivity index (χ0) is 16.2. The molecule has 22 heavy (non-hydrogen) atoms. The Morgan fingerprint density at radius 1 is 1.09 bits per heavy atom. The summed E-state index contributed by atoms with van der Waals surface area (Å²) in [6, 6.07) is 8.02. The maximum atomic E-state index is 11.6. The van der Waals surface area contributed by atoms with Gasteiger partial charge < -0.3 is 4.90 Å². The molecule has 1 rings (SSSR count). The van der Waals surface area contributed by atoms with Gasteiger partial charge in [-0.25, -0.2) is 5.43 Å². The van der Waals surface area contributed by atoms with E-state index in [9.17, 15) is 4.79 Å². The molecule has 0 aromatic heterocycles. The highest BCUT2D eigenvalue weighted by Crippen LogP contribution is 2.11. The first-order valence-corrected chi connectivity index (χ1v) is 8.22. The average molecular weight is 303 g/mol. The van der Waals surface area contributed by atoms with Crippen LogP contribution in [0.3, 0.4) is 0 Å². The van der Waals surface area contributed by atoms with Crippen molar-refractivity contribution in [2.24, 2.45) is 5.10 Å². The van der Waals surface area contributed by atoms with E-state index in [0.717, 1.165) is 24.1 Å². The van der Waals surface area contributed by atoms with Crippen LogP contribution >= 0.6 is 0 Å². The topological polar surface area (TPSA) is 44.7 Å². The highest BCUT2D eigenvalue weighted by Gasteiger charge is 1.99. The SMILES string of the molecule is CCCCCCCCC(=O)N/N=C/c1ccc(N(C)C)cc1. The van der Waals surface area contributed by atoms with E-state index in [-0.39, 0.29) is 5.91 Å². The minimum Gasteiger partial charge on any atom is -0.378 e. The zero-order valence-corrected chi connectivity index (χ0v) is 14.1. The zero-order valence-electron chi connectivity index (χ0n) is 14.1. The van der Waals surface area contributed by atoms with Gasteiger partial charge in [-0.2, -0.15) is 5.10 Å². The van der Waals surface area contributed by atoms with Crippen molar-refractivity contribution in [2.45, 2.75) is 51.9 Å². The Hall–Kier alpha value is -1.84. The van der Waals surface area contributed by atoms with Crippen LogP contribution in [-0.2, 0) is 4.79 Å². The molecule has 0 fully saturated rings. The molecule has 1 N–H and O–H groups in total. The Bertz CT molecular complexity index is 452. The molecular weight excluding hydrogens is 274 g/mol. The minimum absolute atomic E-state index is 0.00310. The second-order valence-electron chi connectivity index (χ2n) is 5.80. The Morgan fingerprint density at radius 3 is 2.36 bits per heavy atom. The van der Waals surface area contributed by atoms with Crippen molar-refractivity contribution in [3.8, 4) is 0 Å². The number of nitrogens with one attached hydrogen (secondary N) is 1. The lowest BCUT2D eigenvalue weighted by Gasteiger charge is -2.11. The molecule has 0 heterocycles. The van der Waals surface area contributed by atoms with E-state index < -0.39 is 0 Å². The third-order valence-electron chi connectivity index (χ3n) is 3.57. The quantitative estimate of drug-likeness (QED) is 0.404. The highest BCUT2D eigenvalue weighted by atomic mass is 16.2. The molecule has 122 valence electrons. The number of unbranched alkanes of at least 4 members (excludes halogenated alkanes) is 5. The van der Waals surface area contributed by atoms with Crippen molar-refractivity contribution in [2.75, 3.05) is 19.0 Å². The van der Waals surface area contributed by atoms with E-state index in [2.05, 4.69) is 17.5 Å². The molecule has 0 aliphatic carbocycles. The number of hydrogen-bond acceptors (Lipinski definition) is 3. The molecule has 0 aliphatic heterocycles. The molecule has 0 saturated carbocycles. The number of hydrogen-bond donors (Lipinski definition) is 1. The smallest absolute Gasteiger partial charge is 0.240 e. The molecule has 4 nitrogen and oxygen atoms in total. The highest BCUT2D eigenvalue weighted by molar-refractivity contribution is 5.82. The molecule has 0 unspecified atom stereocenters. The number of carbonyl (C=O) groups is 1. The molecule has 1 aromatic carbocycles. The van der Waals surface area contributed by atoms with Crippen LogP contribution in [0.4, 0.5) is 5.69 Å². The monoisotopic (exact) mass is 303 g/mol.